The van der Waals surface area contributed by atoms with E-state index in [4.69, 9.17) is 17.4 Å². The monoisotopic (exact) mass is 127 g/mol. The fourth-order valence-electron chi connectivity index (χ4n) is 0.298. The van der Waals surface area contributed by atoms with Crippen molar-refractivity contribution in [1.29, 1.82) is 0 Å². The quantitative estimate of drug-likeness (QED) is 0.113. The number of amidine groups is 1. The zero-order valence-corrected chi connectivity index (χ0v) is 4.96. The largest absolute Gasteiger partial charge is 0.409 e. The van der Waals surface area contributed by atoms with E-state index in [2.05, 4.69) is 16.4 Å². The van der Waals surface area contributed by atoms with Crippen LogP contribution in [0.15, 0.2) is 5.16 Å². The fraction of sp³-hybridized carbons (Fsp3) is 0.400. The summed E-state index contributed by atoms with van der Waals surface area (Å²) >= 11 is 0. The van der Waals surface area contributed by atoms with Crippen LogP contribution in [0.3, 0.4) is 0 Å². The molecular formula is C5H9N3O. The third-order valence-corrected chi connectivity index (χ3v) is 0.662. The molecule has 0 aromatic carbocycles. The second-order valence-electron chi connectivity index (χ2n) is 1.40. The Labute approximate surface area is 53.7 Å². The van der Waals surface area contributed by atoms with E-state index < -0.39 is 0 Å². The van der Waals surface area contributed by atoms with Gasteiger partial charge in [-0.05, 0) is 0 Å². The molecule has 4 N–H and O–H groups in total. The highest BCUT2D eigenvalue weighted by atomic mass is 16.4. The third kappa shape index (κ3) is 4.65. The molecule has 0 spiro atoms. The first kappa shape index (κ1) is 7.79. The lowest BCUT2D eigenvalue weighted by molar-refractivity contribution is 0.317. The fourth-order valence-corrected chi connectivity index (χ4v) is 0.298. The van der Waals surface area contributed by atoms with Gasteiger partial charge in [-0.25, -0.2) is 0 Å². The molecule has 0 fully saturated rings. The number of nitrogens with one attached hydrogen (secondary N) is 1. The zero-order valence-electron chi connectivity index (χ0n) is 4.96. The average molecular weight is 127 g/mol. The molecule has 9 heavy (non-hydrogen) atoms. The van der Waals surface area contributed by atoms with E-state index in [-0.39, 0.29) is 5.84 Å². The SMILES string of the molecule is C#CCNCC(N)=NO. The number of nitrogens with two attached hydrogens (primary N) is 1. The summed E-state index contributed by atoms with van der Waals surface area (Å²) < 4.78 is 0. The Morgan fingerprint density at radius 3 is 3.00 bits per heavy atom. The van der Waals surface area contributed by atoms with Crippen molar-refractivity contribution in [3.8, 4) is 12.3 Å². The number of nitrogens with zero attached hydrogens (tertiary/aromatic N) is 1. The molecule has 0 saturated carbocycles. The normalized spacial score (nSPS) is 10.8. The summed E-state index contributed by atoms with van der Waals surface area (Å²) in [7, 11) is 0. The van der Waals surface area contributed by atoms with Gasteiger partial charge in [0.25, 0.3) is 0 Å². The van der Waals surface area contributed by atoms with Gasteiger partial charge in [-0.1, -0.05) is 11.1 Å². The maximum absolute atomic E-state index is 8.01. The summed E-state index contributed by atoms with van der Waals surface area (Å²) in [5.74, 6) is 2.47. The Morgan fingerprint density at radius 1 is 1.89 bits per heavy atom. The Balaban J connectivity index is 3.20. The predicted octanol–water partition coefficient (Wildman–Crippen LogP) is -1.04. The van der Waals surface area contributed by atoms with Crippen molar-refractivity contribution in [3.05, 3.63) is 0 Å². The van der Waals surface area contributed by atoms with Crippen LogP contribution in [0.2, 0.25) is 0 Å². The molecule has 0 aliphatic heterocycles. The molecule has 0 atom stereocenters. The average Bonchev–Trinajstić information content (AvgIpc) is 1.89. The molecule has 0 rings (SSSR count). The first-order valence-corrected chi connectivity index (χ1v) is 2.42. The number of hydrogen-bond acceptors (Lipinski definition) is 3. The lowest BCUT2D eigenvalue weighted by Crippen LogP contribution is -2.28. The van der Waals surface area contributed by atoms with Gasteiger partial charge in [0.05, 0.1) is 13.1 Å². The highest BCUT2D eigenvalue weighted by molar-refractivity contribution is 5.81. The van der Waals surface area contributed by atoms with Crippen LogP contribution in [0.4, 0.5) is 0 Å². The smallest absolute Gasteiger partial charge is 0.153 e. The summed E-state index contributed by atoms with van der Waals surface area (Å²) in [5.41, 5.74) is 5.08. The molecule has 0 saturated heterocycles. The molecule has 0 amide bonds. The van der Waals surface area contributed by atoms with Gasteiger partial charge >= 0.3 is 0 Å². The van der Waals surface area contributed by atoms with Crippen LogP contribution in [-0.2, 0) is 0 Å². The van der Waals surface area contributed by atoms with Crippen molar-refractivity contribution in [3.63, 3.8) is 0 Å². The van der Waals surface area contributed by atoms with Gasteiger partial charge < -0.3 is 10.9 Å². The first-order chi connectivity index (χ1) is 4.31. The summed E-state index contributed by atoms with van der Waals surface area (Å²) in [6.07, 6.45) is 4.90. The van der Waals surface area contributed by atoms with E-state index in [9.17, 15) is 0 Å². The van der Waals surface area contributed by atoms with Crippen molar-refractivity contribution in [1.82, 2.24) is 5.32 Å². The molecule has 0 aliphatic rings. The van der Waals surface area contributed by atoms with E-state index in [1.54, 1.807) is 0 Å². The van der Waals surface area contributed by atoms with Crippen LogP contribution < -0.4 is 11.1 Å². The zero-order chi connectivity index (χ0) is 7.11. The van der Waals surface area contributed by atoms with Crippen LogP contribution in [0.5, 0.6) is 0 Å². The Hall–Kier alpha value is -1.21. The molecule has 0 heterocycles. The van der Waals surface area contributed by atoms with Crippen LogP contribution in [0.25, 0.3) is 0 Å². The molecule has 0 aliphatic carbocycles. The molecule has 0 radical (unpaired) electrons. The van der Waals surface area contributed by atoms with Gasteiger partial charge in [0.1, 0.15) is 0 Å². The van der Waals surface area contributed by atoms with Crippen LogP contribution in [-0.4, -0.2) is 24.1 Å². The van der Waals surface area contributed by atoms with Crippen molar-refractivity contribution in [2.75, 3.05) is 13.1 Å². The number of terminal acetylenes is 1. The lowest BCUT2D eigenvalue weighted by atomic mass is 10.5. The highest BCUT2D eigenvalue weighted by Crippen LogP contribution is 1.60. The predicted molar refractivity (Wildman–Crippen MR) is 35.1 cm³/mol. The molecule has 0 unspecified atom stereocenters. The molecule has 4 nitrogen and oxygen atoms in total. The summed E-state index contributed by atoms with van der Waals surface area (Å²) in [5, 5.41) is 13.5. The van der Waals surface area contributed by atoms with Gasteiger partial charge in [-0.2, -0.15) is 0 Å². The minimum atomic E-state index is 0.130. The van der Waals surface area contributed by atoms with Gasteiger partial charge in [0.15, 0.2) is 5.84 Å². The molecule has 0 bridgehead atoms. The lowest BCUT2D eigenvalue weighted by Gasteiger charge is -1.95. The standard InChI is InChI=1S/C5H9N3O/c1-2-3-7-4-5(6)8-9/h1,7,9H,3-4H2,(H2,6,8). The second-order valence-corrected chi connectivity index (χ2v) is 1.40. The molecule has 0 aromatic rings. The number of hydrogen-bond donors (Lipinski definition) is 3. The van der Waals surface area contributed by atoms with E-state index in [0.29, 0.717) is 13.1 Å². The van der Waals surface area contributed by atoms with Crippen molar-refractivity contribution < 1.29 is 5.21 Å². The number of rotatable bonds is 3. The summed E-state index contributed by atoms with van der Waals surface area (Å²) in [4.78, 5) is 0. The van der Waals surface area contributed by atoms with E-state index >= 15 is 0 Å². The van der Waals surface area contributed by atoms with Gasteiger partial charge in [-0.15, -0.1) is 6.42 Å². The topological polar surface area (TPSA) is 70.6 Å². The van der Waals surface area contributed by atoms with Gasteiger partial charge in [0.2, 0.25) is 0 Å². The Morgan fingerprint density at radius 2 is 2.56 bits per heavy atom. The molecule has 4 heteroatoms. The van der Waals surface area contributed by atoms with Gasteiger partial charge in [-0.3, -0.25) is 5.32 Å². The van der Waals surface area contributed by atoms with E-state index in [1.807, 2.05) is 0 Å². The summed E-state index contributed by atoms with van der Waals surface area (Å²) in [6, 6.07) is 0. The second kappa shape index (κ2) is 4.94. The summed E-state index contributed by atoms with van der Waals surface area (Å²) in [6.45, 7) is 0.747. The van der Waals surface area contributed by atoms with E-state index in [1.165, 1.54) is 0 Å². The minimum Gasteiger partial charge on any atom is -0.409 e. The van der Waals surface area contributed by atoms with Crippen molar-refractivity contribution in [2.24, 2.45) is 10.9 Å². The Bertz CT molecular complexity index is 136. The maximum atomic E-state index is 8.01. The minimum absolute atomic E-state index is 0.130. The van der Waals surface area contributed by atoms with Crippen LogP contribution in [0.1, 0.15) is 0 Å². The molecule has 0 aromatic heterocycles. The van der Waals surface area contributed by atoms with Crippen LogP contribution in [0, 0.1) is 12.3 Å². The first-order valence-electron chi connectivity index (χ1n) is 2.42. The van der Waals surface area contributed by atoms with Crippen molar-refractivity contribution in [2.45, 2.75) is 0 Å². The molecule has 50 valence electrons. The van der Waals surface area contributed by atoms with Gasteiger partial charge in [0, 0.05) is 0 Å². The number of oxime groups is 1. The molecular weight excluding hydrogens is 118 g/mol. The maximum Gasteiger partial charge on any atom is 0.153 e. The van der Waals surface area contributed by atoms with Crippen LogP contribution >= 0.6 is 0 Å². The third-order valence-electron chi connectivity index (χ3n) is 0.662. The highest BCUT2D eigenvalue weighted by Gasteiger charge is 1.87. The van der Waals surface area contributed by atoms with Crippen molar-refractivity contribution >= 4 is 5.84 Å². The van der Waals surface area contributed by atoms with E-state index in [0.717, 1.165) is 0 Å². The Kier molecular flexibility index (Phi) is 4.27.